The summed E-state index contributed by atoms with van der Waals surface area (Å²) in [6.45, 7) is 1.27. The number of aliphatic hydroxyl groups excluding tert-OH is 2. The number of aromatic carboxylic acids is 1. The maximum atomic E-state index is 12.4. The van der Waals surface area contributed by atoms with E-state index < -0.39 is 15.5 Å². The van der Waals surface area contributed by atoms with Gasteiger partial charge in [0.15, 0.2) is 0 Å². The molecule has 8 N–H and O–H groups in total. The Morgan fingerprint density at radius 3 is 2.50 bits per heavy atom. The average Bonchev–Trinajstić information content (AvgIpc) is 2.75. The first kappa shape index (κ1) is 25.4. The van der Waals surface area contributed by atoms with Gasteiger partial charge in [0.2, 0.25) is 17.8 Å². The summed E-state index contributed by atoms with van der Waals surface area (Å²) in [5.74, 6) is -1.23. The summed E-state index contributed by atoms with van der Waals surface area (Å²) >= 11 is 0. The largest absolute Gasteiger partial charge is 0.478 e. The standard InChI is InChI=1S/C18H29N7O6S/c1-2-32(19,30,31)11-8-25(7-10-27)18-23-16(20-6-9-26)22-17(24-18)21-14-5-3-4-13(12-14)15(28)29/h3-5,12,26-27H,2,6-11H2,1H3,(H,28,29)(H3,19,30,31)(H2,20,21,22,23,24). The fourth-order valence-corrected chi connectivity index (χ4v) is 3.45. The van der Waals surface area contributed by atoms with Crippen molar-refractivity contribution in [3.63, 3.8) is 0 Å². The lowest BCUT2D eigenvalue weighted by Crippen LogP contribution is -2.51. The minimum Gasteiger partial charge on any atom is -0.478 e. The third-order valence-corrected chi connectivity index (χ3v) is 6.74. The molecule has 1 aromatic heterocycles. The van der Waals surface area contributed by atoms with Crippen LogP contribution in [0.15, 0.2) is 24.3 Å². The van der Waals surface area contributed by atoms with Gasteiger partial charge in [-0.1, -0.05) is 6.07 Å². The number of carboxylic acid groups (broad SMARTS) is 1. The monoisotopic (exact) mass is 471 g/mol. The Bertz CT molecular complexity index is 1000. The predicted octanol–water partition coefficient (Wildman–Crippen LogP) is -0.297. The quantitative estimate of drug-likeness (QED) is 0.201. The third kappa shape index (κ3) is 7.65. The second kappa shape index (κ2) is 10.6. The van der Waals surface area contributed by atoms with Crippen molar-refractivity contribution in [1.29, 1.82) is 0 Å². The van der Waals surface area contributed by atoms with Gasteiger partial charge in [-0.15, -0.1) is 9.53 Å². The van der Waals surface area contributed by atoms with Gasteiger partial charge in [0.05, 0.1) is 24.5 Å². The molecule has 0 unspecified atom stereocenters. The van der Waals surface area contributed by atoms with Gasteiger partial charge in [0, 0.05) is 31.1 Å². The third-order valence-electron chi connectivity index (χ3n) is 4.45. The van der Waals surface area contributed by atoms with Crippen molar-refractivity contribution in [2.45, 2.75) is 6.92 Å². The Balaban J connectivity index is 2.38. The molecule has 0 aliphatic carbocycles. The van der Waals surface area contributed by atoms with Crippen LogP contribution in [-0.2, 0) is 9.53 Å². The van der Waals surface area contributed by atoms with Crippen LogP contribution < -0.4 is 20.7 Å². The number of nitrogens with one attached hydrogen (secondary N) is 2. The number of carbonyl (C=O) groups is 1. The molecule has 2 rings (SSSR count). The normalized spacial score (nSPS) is 12.6. The molecule has 0 fully saturated rings. The Hall–Kier alpha value is -2.91. The minimum atomic E-state index is -4.31. The molecule has 0 amide bonds. The van der Waals surface area contributed by atoms with Gasteiger partial charge in [0.25, 0.3) is 0 Å². The van der Waals surface area contributed by atoms with Crippen LogP contribution in [0.3, 0.4) is 0 Å². The minimum absolute atomic E-state index is 0.00976. The number of carboxylic acids is 1. The number of nitrogens with zero attached hydrogens (tertiary/aromatic N) is 4. The molecule has 2 aromatic rings. The van der Waals surface area contributed by atoms with Gasteiger partial charge in [-0.2, -0.15) is 19.2 Å². The van der Waals surface area contributed by atoms with E-state index in [1.54, 1.807) is 12.1 Å². The first-order valence-electron chi connectivity index (χ1n) is 9.80. The van der Waals surface area contributed by atoms with Crippen molar-refractivity contribution in [2.75, 3.05) is 59.9 Å². The van der Waals surface area contributed by atoms with Crippen molar-refractivity contribution in [3.8, 4) is 0 Å². The van der Waals surface area contributed by atoms with Crippen molar-refractivity contribution in [2.24, 2.45) is 5.14 Å². The number of hydrogen-bond acceptors (Lipinski definition) is 10. The molecule has 0 saturated heterocycles. The number of nitrogens with two attached hydrogens (primary N) is 1. The van der Waals surface area contributed by atoms with E-state index in [0.717, 1.165) is 0 Å². The van der Waals surface area contributed by atoms with Crippen molar-refractivity contribution in [1.82, 2.24) is 15.0 Å². The zero-order chi connectivity index (χ0) is 23.8. The fraction of sp³-hybridized carbons (Fsp3) is 0.444. The molecule has 0 atom stereocenters. The van der Waals surface area contributed by atoms with Gasteiger partial charge in [-0.05, 0) is 25.1 Å². The molecule has 32 heavy (non-hydrogen) atoms. The molecule has 0 aliphatic heterocycles. The summed E-state index contributed by atoms with van der Waals surface area (Å²) in [6, 6.07) is 6.02. The van der Waals surface area contributed by atoms with Crippen LogP contribution >= 0.6 is 0 Å². The van der Waals surface area contributed by atoms with E-state index in [2.05, 4.69) is 25.6 Å². The highest BCUT2D eigenvalue weighted by Crippen LogP contribution is 2.20. The average molecular weight is 472 g/mol. The lowest BCUT2D eigenvalue weighted by molar-refractivity contribution is 0.0697. The fourth-order valence-electron chi connectivity index (χ4n) is 2.55. The second-order valence-electron chi connectivity index (χ2n) is 6.95. The van der Waals surface area contributed by atoms with Gasteiger partial charge in [0.1, 0.15) is 0 Å². The van der Waals surface area contributed by atoms with E-state index in [1.807, 2.05) is 0 Å². The van der Waals surface area contributed by atoms with Gasteiger partial charge in [-0.25, -0.2) is 9.93 Å². The van der Waals surface area contributed by atoms with E-state index in [0.29, 0.717) is 5.69 Å². The molecule has 14 heteroatoms. The highest BCUT2D eigenvalue weighted by molar-refractivity contribution is 8.13. The first-order valence-corrected chi connectivity index (χ1v) is 12.1. The number of aliphatic hydroxyl groups is 2. The Morgan fingerprint density at radius 2 is 1.88 bits per heavy atom. The van der Waals surface area contributed by atoms with Crippen LogP contribution in [0.1, 0.15) is 17.3 Å². The molecule has 1 heterocycles. The lowest BCUT2D eigenvalue weighted by atomic mass is 10.2. The van der Waals surface area contributed by atoms with Gasteiger partial charge < -0.3 is 30.9 Å². The molecule has 13 nitrogen and oxygen atoms in total. The van der Waals surface area contributed by atoms with Gasteiger partial charge in [-0.3, -0.25) is 4.55 Å². The lowest BCUT2D eigenvalue weighted by Gasteiger charge is -2.38. The van der Waals surface area contributed by atoms with Gasteiger partial charge >= 0.3 is 5.97 Å². The highest BCUT2D eigenvalue weighted by atomic mass is 32.3. The number of anilines is 4. The molecule has 0 spiro atoms. The van der Waals surface area contributed by atoms with Crippen LogP contribution in [0.2, 0.25) is 0 Å². The number of rotatable bonds is 13. The maximum Gasteiger partial charge on any atom is 0.335 e. The molecular formula is C18H29N7O6S. The zero-order valence-electron chi connectivity index (χ0n) is 17.6. The van der Waals surface area contributed by atoms with E-state index in [1.165, 1.54) is 24.0 Å². The SMILES string of the molecule is CCS(N)(=O)(O)CCN(CCO)c1nc(NCCO)nc(Nc2cccc(C(=O)O)c2)n1. The zero-order valence-corrected chi connectivity index (χ0v) is 18.5. The summed E-state index contributed by atoms with van der Waals surface area (Å²) < 4.78 is 22.5. The smallest absolute Gasteiger partial charge is 0.335 e. The predicted molar refractivity (Wildman–Crippen MR) is 122 cm³/mol. The van der Waals surface area contributed by atoms with E-state index in [4.69, 9.17) is 10.2 Å². The van der Waals surface area contributed by atoms with Crippen molar-refractivity contribution < 1.29 is 28.9 Å². The summed E-state index contributed by atoms with van der Waals surface area (Å²) in [4.78, 5) is 25.4. The number of hydrogen-bond donors (Lipinski definition) is 7. The molecule has 0 saturated carbocycles. The number of aromatic nitrogens is 3. The van der Waals surface area contributed by atoms with Crippen LogP contribution in [0.5, 0.6) is 0 Å². The van der Waals surface area contributed by atoms with E-state index >= 15 is 0 Å². The number of benzene rings is 1. The molecule has 0 bridgehead atoms. The summed E-state index contributed by atoms with van der Waals surface area (Å²) in [6.07, 6.45) is 0. The summed E-state index contributed by atoms with van der Waals surface area (Å²) in [5.41, 5.74) is 0.478. The maximum absolute atomic E-state index is 12.4. The summed E-state index contributed by atoms with van der Waals surface area (Å²) in [7, 11) is -4.31. The molecule has 0 radical (unpaired) electrons. The van der Waals surface area contributed by atoms with Crippen LogP contribution in [0, 0.1) is 0 Å². The highest BCUT2D eigenvalue weighted by Gasteiger charge is 2.22. The van der Waals surface area contributed by atoms with E-state index in [9.17, 15) is 23.8 Å². The van der Waals surface area contributed by atoms with Crippen LogP contribution in [0.4, 0.5) is 23.5 Å². The molecule has 178 valence electrons. The topological polar surface area (TPSA) is 207 Å². The molecule has 1 aromatic carbocycles. The van der Waals surface area contributed by atoms with Crippen molar-refractivity contribution in [3.05, 3.63) is 29.8 Å². The van der Waals surface area contributed by atoms with Crippen molar-refractivity contribution >= 4 is 39.0 Å². The second-order valence-corrected chi connectivity index (χ2v) is 10.6. The Labute approximate surface area is 185 Å². The molecular weight excluding hydrogens is 442 g/mol. The molecule has 0 aliphatic rings. The summed E-state index contributed by atoms with van der Waals surface area (Å²) in [5, 5.41) is 39.0. The van der Waals surface area contributed by atoms with E-state index in [-0.39, 0.29) is 67.8 Å². The Kier molecular flexibility index (Phi) is 8.40. The van der Waals surface area contributed by atoms with Crippen LogP contribution in [-0.4, -0.2) is 89.4 Å². The Morgan fingerprint density at radius 1 is 1.16 bits per heavy atom. The van der Waals surface area contributed by atoms with Crippen LogP contribution in [0.25, 0.3) is 0 Å². The first-order chi connectivity index (χ1) is 15.0.